The average molecular weight is 339 g/mol. The summed E-state index contributed by atoms with van der Waals surface area (Å²) in [7, 11) is 3.49. The number of benzene rings is 1. The Labute approximate surface area is 135 Å². The van der Waals surface area contributed by atoms with Crippen molar-refractivity contribution in [1.82, 2.24) is 10.2 Å². The molecule has 126 valence electrons. The molecule has 0 spiro atoms. The monoisotopic (exact) mass is 338 g/mol. The number of rotatable bonds is 6. The van der Waals surface area contributed by atoms with Crippen LogP contribution < -0.4 is 5.32 Å². The number of carbonyl (C=O) groups excluding carboxylic acids is 1. The van der Waals surface area contributed by atoms with E-state index in [9.17, 15) is 18.0 Å². The second kappa shape index (κ2) is 9.00. The lowest BCUT2D eigenvalue weighted by molar-refractivity contribution is -0.137. The molecule has 1 aromatic rings. The van der Waals surface area contributed by atoms with Crippen molar-refractivity contribution < 1.29 is 18.0 Å². The van der Waals surface area contributed by atoms with Gasteiger partial charge in [-0.05, 0) is 25.1 Å². The predicted octanol–water partition coefficient (Wildman–Crippen LogP) is 2.98. The molecule has 0 radical (unpaired) electrons. The van der Waals surface area contributed by atoms with Gasteiger partial charge < -0.3 is 10.2 Å². The van der Waals surface area contributed by atoms with E-state index >= 15 is 0 Å². The number of halogens is 4. The molecule has 7 heteroatoms. The Hall–Kier alpha value is -1.27. The number of hydrogen-bond acceptors (Lipinski definition) is 2. The van der Waals surface area contributed by atoms with Crippen molar-refractivity contribution in [2.75, 3.05) is 27.2 Å². The van der Waals surface area contributed by atoms with Crippen molar-refractivity contribution in [3.8, 4) is 0 Å². The number of likely N-dealkylation sites (N-methyl/N-ethyl adjacent to an activating group) is 2. The van der Waals surface area contributed by atoms with Crippen LogP contribution in [0.1, 0.15) is 18.1 Å². The first kappa shape index (κ1) is 20.7. The lowest BCUT2D eigenvalue weighted by Gasteiger charge is -2.21. The highest BCUT2D eigenvalue weighted by atomic mass is 35.5. The highest BCUT2D eigenvalue weighted by Gasteiger charge is 2.30. The maximum atomic E-state index is 12.6. The van der Waals surface area contributed by atoms with Crippen LogP contribution in [0, 0.1) is 5.92 Å². The smallest absolute Gasteiger partial charge is 0.344 e. The van der Waals surface area contributed by atoms with Crippen LogP contribution in [-0.2, 0) is 17.4 Å². The molecule has 1 atom stereocenters. The molecule has 0 saturated heterocycles. The van der Waals surface area contributed by atoms with E-state index in [1.54, 1.807) is 32.0 Å². The number of nitrogens with one attached hydrogen (secondary N) is 1. The Morgan fingerprint density at radius 1 is 1.36 bits per heavy atom. The van der Waals surface area contributed by atoms with E-state index in [1.165, 1.54) is 6.07 Å². The number of alkyl halides is 3. The molecular formula is C15H22ClF3N2O. The van der Waals surface area contributed by atoms with Crippen molar-refractivity contribution in [3.63, 3.8) is 0 Å². The normalized spacial score (nSPS) is 12.5. The summed E-state index contributed by atoms with van der Waals surface area (Å²) in [5.74, 6) is -0.419. The van der Waals surface area contributed by atoms with Crippen LogP contribution in [0.4, 0.5) is 13.2 Å². The van der Waals surface area contributed by atoms with Gasteiger partial charge in [-0.3, -0.25) is 4.79 Å². The van der Waals surface area contributed by atoms with Gasteiger partial charge in [0.25, 0.3) is 0 Å². The summed E-state index contributed by atoms with van der Waals surface area (Å²) in [6.45, 7) is 2.99. The van der Waals surface area contributed by atoms with Gasteiger partial charge in [0, 0.05) is 26.1 Å². The van der Waals surface area contributed by atoms with Gasteiger partial charge in [-0.25, -0.2) is 0 Å². The van der Waals surface area contributed by atoms with E-state index in [1.807, 2.05) is 0 Å². The lowest BCUT2D eigenvalue weighted by atomic mass is 9.98. The van der Waals surface area contributed by atoms with Crippen molar-refractivity contribution in [2.45, 2.75) is 19.5 Å². The van der Waals surface area contributed by atoms with E-state index in [-0.39, 0.29) is 24.2 Å². The van der Waals surface area contributed by atoms with Crippen LogP contribution in [0.5, 0.6) is 0 Å². The maximum absolute atomic E-state index is 12.6. The van der Waals surface area contributed by atoms with Crippen LogP contribution in [0.25, 0.3) is 0 Å². The Morgan fingerprint density at radius 3 is 2.55 bits per heavy atom. The van der Waals surface area contributed by atoms with Gasteiger partial charge in [0.2, 0.25) is 5.91 Å². The summed E-state index contributed by atoms with van der Waals surface area (Å²) in [6.07, 6.45) is -4.06. The Bertz CT molecular complexity index is 480. The molecule has 1 amide bonds. The molecule has 0 bridgehead atoms. The molecule has 1 aromatic carbocycles. The molecule has 0 heterocycles. The third-order valence-electron chi connectivity index (χ3n) is 3.29. The molecule has 1 N–H and O–H groups in total. The van der Waals surface area contributed by atoms with Crippen molar-refractivity contribution in [3.05, 3.63) is 35.4 Å². The zero-order chi connectivity index (χ0) is 16.0. The van der Waals surface area contributed by atoms with Gasteiger partial charge in [0.05, 0.1) is 5.56 Å². The van der Waals surface area contributed by atoms with Crippen LogP contribution in [0.15, 0.2) is 24.3 Å². The molecule has 3 nitrogen and oxygen atoms in total. The fourth-order valence-corrected chi connectivity index (χ4v) is 2.08. The second-order valence-electron chi connectivity index (χ2n) is 5.17. The molecule has 0 aliphatic rings. The molecule has 0 fully saturated rings. The van der Waals surface area contributed by atoms with E-state index < -0.39 is 11.7 Å². The minimum absolute atomic E-state index is 0. The Balaban J connectivity index is 0.00000441. The van der Waals surface area contributed by atoms with E-state index in [0.29, 0.717) is 25.1 Å². The van der Waals surface area contributed by atoms with Gasteiger partial charge >= 0.3 is 6.18 Å². The molecule has 0 aliphatic carbocycles. The maximum Gasteiger partial charge on any atom is 0.416 e. The number of carbonyl (C=O) groups is 1. The van der Waals surface area contributed by atoms with Crippen molar-refractivity contribution in [1.29, 1.82) is 0 Å². The Kier molecular flexibility index (Phi) is 8.48. The summed E-state index contributed by atoms with van der Waals surface area (Å²) in [5.41, 5.74) is -0.157. The highest BCUT2D eigenvalue weighted by Crippen LogP contribution is 2.30. The molecule has 0 saturated carbocycles. The molecular weight excluding hydrogens is 317 g/mol. The minimum atomic E-state index is -4.35. The third-order valence-corrected chi connectivity index (χ3v) is 3.29. The molecule has 1 rings (SSSR count). The summed E-state index contributed by atoms with van der Waals surface area (Å²) >= 11 is 0. The lowest BCUT2D eigenvalue weighted by Crippen LogP contribution is -2.36. The zero-order valence-electron chi connectivity index (χ0n) is 12.9. The van der Waals surface area contributed by atoms with Crippen LogP contribution in [0.3, 0.4) is 0 Å². The van der Waals surface area contributed by atoms with Crippen molar-refractivity contribution >= 4 is 18.3 Å². The predicted molar refractivity (Wildman–Crippen MR) is 83.1 cm³/mol. The fourth-order valence-electron chi connectivity index (χ4n) is 2.08. The summed E-state index contributed by atoms with van der Waals surface area (Å²) in [5, 5.41) is 2.95. The van der Waals surface area contributed by atoms with Crippen LogP contribution in [0.2, 0.25) is 0 Å². The van der Waals surface area contributed by atoms with E-state index in [4.69, 9.17) is 0 Å². The van der Waals surface area contributed by atoms with Gasteiger partial charge in [0.1, 0.15) is 0 Å². The molecule has 0 aromatic heterocycles. The number of amides is 1. The molecule has 0 aliphatic heterocycles. The summed E-state index contributed by atoms with van der Waals surface area (Å²) in [4.78, 5) is 13.7. The first-order valence-corrected chi connectivity index (χ1v) is 6.81. The van der Waals surface area contributed by atoms with Gasteiger partial charge in [-0.1, -0.05) is 25.1 Å². The first-order valence-electron chi connectivity index (χ1n) is 6.81. The van der Waals surface area contributed by atoms with Crippen molar-refractivity contribution in [2.24, 2.45) is 5.92 Å². The van der Waals surface area contributed by atoms with E-state index in [2.05, 4.69) is 5.32 Å². The number of nitrogens with zero attached hydrogens (tertiary/aromatic N) is 1. The molecule has 1 unspecified atom stereocenters. The van der Waals surface area contributed by atoms with Gasteiger partial charge in [-0.15, -0.1) is 12.4 Å². The van der Waals surface area contributed by atoms with Gasteiger partial charge in [-0.2, -0.15) is 13.2 Å². The highest BCUT2D eigenvalue weighted by molar-refractivity contribution is 5.85. The SMILES string of the molecule is CNCCN(C)C(=O)C(C)Cc1cccc(C(F)(F)F)c1.Cl. The first-order chi connectivity index (χ1) is 9.75. The quantitative estimate of drug-likeness (QED) is 0.865. The van der Waals surface area contributed by atoms with Crippen LogP contribution >= 0.6 is 12.4 Å². The Morgan fingerprint density at radius 2 is 2.00 bits per heavy atom. The third kappa shape index (κ3) is 6.23. The number of hydrogen-bond donors (Lipinski definition) is 1. The second-order valence-corrected chi connectivity index (χ2v) is 5.17. The minimum Gasteiger partial charge on any atom is -0.344 e. The van der Waals surface area contributed by atoms with Crippen LogP contribution in [-0.4, -0.2) is 38.0 Å². The summed E-state index contributed by atoms with van der Waals surface area (Å²) in [6, 6.07) is 5.14. The average Bonchev–Trinajstić information content (AvgIpc) is 2.43. The van der Waals surface area contributed by atoms with E-state index in [0.717, 1.165) is 12.1 Å². The largest absolute Gasteiger partial charge is 0.416 e. The standard InChI is InChI=1S/C15H21F3N2O.ClH/c1-11(14(21)20(3)8-7-19-2)9-12-5-4-6-13(10-12)15(16,17)18;/h4-6,10-11,19H,7-9H2,1-3H3;1H. The molecule has 22 heavy (non-hydrogen) atoms. The fraction of sp³-hybridized carbons (Fsp3) is 0.533. The topological polar surface area (TPSA) is 32.3 Å². The summed E-state index contributed by atoms with van der Waals surface area (Å²) < 4.78 is 37.9. The van der Waals surface area contributed by atoms with Gasteiger partial charge in [0.15, 0.2) is 0 Å². The zero-order valence-corrected chi connectivity index (χ0v) is 13.7.